The first-order valence-corrected chi connectivity index (χ1v) is 8.14. The second kappa shape index (κ2) is 10.6. The summed E-state index contributed by atoms with van der Waals surface area (Å²) in [5.74, 6) is 0.632. The van der Waals surface area contributed by atoms with E-state index in [4.69, 9.17) is 0 Å². The van der Waals surface area contributed by atoms with Crippen LogP contribution in [0.3, 0.4) is 0 Å². The Kier molecular flexibility index (Phi) is 9.28. The standard InChI is InChI=1S/C17H32O/c1-16-12-10-8-6-4-2-3-5-7-9-11-13-17(18)15-14-16/h10,12,16-18H,2-9,11,13-15H2,1H3. The Labute approximate surface area is 114 Å². The lowest BCUT2D eigenvalue weighted by Gasteiger charge is -2.13. The molecule has 1 rings (SSSR count). The largest absolute Gasteiger partial charge is 0.393 e. The van der Waals surface area contributed by atoms with Crippen molar-refractivity contribution in [3.63, 3.8) is 0 Å². The Balaban J connectivity index is 2.27. The third-order valence-electron chi connectivity index (χ3n) is 4.08. The number of allylic oxidation sites excluding steroid dienone is 2. The molecule has 106 valence electrons. The molecule has 0 aromatic rings. The van der Waals surface area contributed by atoms with Crippen molar-refractivity contribution in [3.8, 4) is 0 Å². The van der Waals surface area contributed by atoms with Gasteiger partial charge in [0.2, 0.25) is 0 Å². The maximum Gasteiger partial charge on any atom is 0.0540 e. The molecule has 1 nitrogen and oxygen atoms in total. The minimum atomic E-state index is -0.0613. The zero-order chi connectivity index (χ0) is 13.1. The van der Waals surface area contributed by atoms with Gasteiger partial charge in [0.15, 0.2) is 0 Å². The van der Waals surface area contributed by atoms with Crippen LogP contribution in [0.2, 0.25) is 0 Å². The summed E-state index contributed by atoms with van der Waals surface area (Å²) in [6.07, 6.45) is 19.9. The van der Waals surface area contributed by atoms with Crippen molar-refractivity contribution < 1.29 is 5.11 Å². The van der Waals surface area contributed by atoms with Crippen LogP contribution in [-0.4, -0.2) is 11.2 Å². The predicted octanol–water partition coefficient (Wildman–Crippen LogP) is 5.23. The van der Waals surface area contributed by atoms with Crippen molar-refractivity contribution in [2.24, 2.45) is 5.92 Å². The van der Waals surface area contributed by atoms with E-state index >= 15 is 0 Å². The number of hydrogen-bond donors (Lipinski definition) is 1. The van der Waals surface area contributed by atoms with Crippen LogP contribution in [-0.2, 0) is 0 Å². The molecule has 1 aliphatic rings. The van der Waals surface area contributed by atoms with Gasteiger partial charge in [-0.25, -0.2) is 0 Å². The molecule has 0 aromatic heterocycles. The second-order valence-corrected chi connectivity index (χ2v) is 6.04. The van der Waals surface area contributed by atoms with E-state index in [0.717, 1.165) is 19.3 Å². The fourth-order valence-corrected chi connectivity index (χ4v) is 2.73. The van der Waals surface area contributed by atoms with Gasteiger partial charge < -0.3 is 5.11 Å². The van der Waals surface area contributed by atoms with E-state index in [2.05, 4.69) is 19.1 Å². The monoisotopic (exact) mass is 252 g/mol. The highest BCUT2D eigenvalue weighted by molar-refractivity contribution is 4.86. The Morgan fingerprint density at radius 3 is 2.11 bits per heavy atom. The summed E-state index contributed by atoms with van der Waals surface area (Å²) < 4.78 is 0. The van der Waals surface area contributed by atoms with E-state index in [1.54, 1.807) is 0 Å². The maximum atomic E-state index is 9.91. The summed E-state index contributed by atoms with van der Waals surface area (Å²) in [6.45, 7) is 2.27. The highest BCUT2D eigenvalue weighted by Gasteiger charge is 2.06. The fraction of sp³-hybridized carbons (Fsp3) is 0.882. The highest BCUT2D eigenvalue weighted by Crippen LogP contribution is 2.16. The summed E-state index contributed by atoms with van der Waals surface area (Å²) in [5.41, 5.74) is 0. The lowest BCUT2D eigenvalue weighted by Crippen LogP contribution is -2.08. The first kappa shape index (κ1) is 15.8. The van der Waals surface area contributed by atoms with Crippen LogP contribution in [0.25, 0.3) is 0 Å². The van der Waals surface area contributed by atoms with Gasteiger partial charge in [-0.15, -0.1) is 0 Å². The predicted molar refractivity (Wildman–Crippen MR) is 79.7 cm³/mol. The number of hydrogen-bond acceptors (Lipinski definition) is 1. The van der Waals surface area contributed by atoms with Crippen molar-refractivity contribution in [2.45, 2.75) is 90.1 Å². The van der Waals surface area contributed by atoms with Gasteiger partial charge in [-0.3, -0.25) is 0 Å². The molecule has 1 N–H and O–H groups in total. The highest BCUT2D eigenvalue weighted by atomic mass is 16.3. The average Bonchev–Trinajstić information content (AvgIpc) is 2.36. The number of aliphatic hydroxyl groups is 1. The van der Waals surface area contributed by atoms with Crippen LogP contribution < -0.4 is 0 Å². The molecule has 0 aliphatic heterocycles. The van der Waals surface area contributed by atoms with E-state index < -0.39 is 0 Å². The van der Waals surface area contributed by atoms with Crippen molar-refractivity contribution in [1.29, 1.82) is 0 Å². The van der Waals surface area contributed by atoms with Crippen LogP contribution in [0.4, 0.5) is 0 Å². The van der Waals surface area contributed by atoms with Crippen molar-refractivity contribution >= 4 is 0 Å². The van der Waals surface area contributed by atoms with Gasteiger partial charge >= 0.3 is 0 Å². The Hall–Kier alpha value is -0.300. The molecular weight excluding hydrogens is 220 g/mol. The summed E-state index contributed by atoms with van der Waals surface area (Å²) in [7, 11) is 0. The van der Waals surface area contributed by atoms with Gasteiger partial charge in [-0.2, -0.15) is 0 Å². The molecule has 0 saturated heterocycles. The summed E-state index contributed by atoms with van der Waals surface area (Å²) in [4.78, 5) is 0. The Morgan fingerprint density at radius 1 is 0.778 bits per heavy atom. The first-order valence-electron chi connectivity index (χ1n) is 8.14. The van der Waals surface area contributed by atoms with E-state index in [1.807, 2.05) is 0 Å². The molecule has 0 amide bonds. The van der Waals surface area contributed by atoms with E-state index in [-0.39, 0.29) is 6.10 Å². The molecule has 0 fully saturated rings. The van der Waals surface area contributed by atoms with Crippen LogP contribution in [0, 0.1) is 5.92 Å². The molecule has 0 saturated carbocycles. The molecule has 1 aliphatic carbocycles. The van der Waals surface area contributed by atoms with E-state index in [0.29, 0.717) is 5.92 Å². The van der Waals surface area contributed by atoms with Gasteiger partial charge in [0.05, 0.1) is 6.10 Å². The first-order chi connectivity index (χ1) is 8.79. The Bertz CT molecular complexity index is 210. The number of rotatable bonds is 0. The van der Waals surface area contributed by atoms with E-state index in [1.165, 1.54) is 57.8 Å². The van der Waals surface area contributed by atoms with Crippen LogP contribution in [0.5, 0.6) is 0 Å². The molecule has 2 atom stereocenters. The summed E-state index contributed by atoms with van der Waals surface area (Å²) in [5, 5.41) is 9.91. The van der Waals surface area contributed by atoms with Gasteiger partial charge in [-0.05, 0) is 38.0 Å². The molecule has 2 unspecified atom stereocenters. The van der Waals surface area contributed by atoms with Gasteiger partial charge in [0.1, 0.15) is 0 Å². The van der Waals surface area contributed by atoms with Gasteiger partial charge in [0, 0.05) is 0 Å². The van der Waals surface area contributed by atoms with Crippen molar-refractivity contribution in [2.75, 3.05) is 0 Å². The molecule has 1 heteroatoms. The van der Waals surface area contributed by atoms with Crippen molar-refractivity contribution in [1.82, 2.24) is 0 Å². The molecule has 0 aromatic carbocycles. The molecule has 0 radical (unpaired) electrons. The minimum absolute atomic E-state index is 0.0613. The molecule has 18 heavy (non-hydrogen) atoms. The zero-order valence-electron chi connectivity index (χ0n) is 12.2. The molecular formula is C17H32O. The van der Waals surface area contributed by atoms with Crippen molar-refractivity contribution in [3.05, 3.63) is 12.2 Å². The number of aliphatic hydroxyl groups excluding tert-OH is 1. The SMILES string of the molecule is CC1C=CCCCCCCCCCCC(O)CC1. The zero-order valence-corrected chi connectivity index (χ0v) is 12.2. The second-order valence-electron chi connectivity index (χ2n) is 6.04. The smallest absolute Gasteiger partial charge is 0.0540 e. The molecule has 0 bridgehead atoms. The quantitative estimate of drug-likeness (QED) is 0.585. The Morgan fingerprint density at radius 2 is 1.39 bits per heavy atom. The summed E-state index contributed by atoms with van der Waals surface area (Å²) in [6, 6.07) is 0. The summed E-state index contributed by atoms with van der Waals surface area (Å²) >= 11 is 0. The fourth-order valence-electron chi connectivity index (χ4n) is 2.73. The van der Waals surface area contributed by atoms with Crippen LogP contribution in [0.15, 0.2) is 12.2 Å². The lowest BCUT2D eigenvalue weighted by atomic mass is 9.98. The lowest BCUT2D eigenvalue weighted by molar-refractivity contribution is 0.145. The van der Waals surface area contributed by atoms with Gasteiger partial charge in [0.25, 0.3) is 0 Å². The third kappa shape index (κ3) is 8.74. The molecule has 0 spiro atoms. The van der Waals surface area contributed by atoms with Crippen LogP contribution >= 0.6 is 0 Å². The minimum Gasteiger partial charge on any atom is -0.393 e. The molecule has 0 heterocycles. The van der Waals surface area contributed by atoms with Gasteiger partial charge in [-0.1, -0.05) is 64.0 Å². The normalized spacial score (nSPS) is 30.1. The third-order valence-corrected chi connectivity index (χ3v) is 4.08. The maximum absolute atomic E-state index is 9.91. The van der Waals surface area contributed by atoms with E-state index in [9.17, 15) is 5.11 Å². The topological polar surface area (TPSA) is 20.2 Å². The van der Waals surface area contributed by atoms with Crippen LogP contribution in [0.1, 0.15) is 84.0 Å². The average molecular weight is 252 g/mol.